The predicted octanol–water partition coefficient (Wildman–Crippen LogP) is 5.37. The van der Waals surface area contributed by atoms with Crippen LogP contribution in [0, 0.1) is 0 Å². The molecule has 150 valence electrons. The molecule has 0 amide bonds. The third-order valence-corrected chi connectivity index (χ3v) is 5.75. The van der Waals surface area contributed by atoms with Gasteiger partial charge in [0.15, 0.2) is 0 Å². The zero-order valence-electron chi connectivity index (χ0n) is 16.3. The minimum absolute atomic E-state index is 0.0749. The molecule has 0 radical (unpaired) electrons. The van der Waals surface area contributed by atoms with Gasteiger partial charge in [-0.2, -0.15) is 5.10 Å². The Balaban J connectivity index is 1.54. The smallest absolute Gasteiger partial charge is 0.337 e. The molecule has 3 aromatic carbocycles. The summed E-state index contributed by atoms with van der Waals surface area (Å²) in [6.45, 7) is 0. The number of ether oxygens (including phenoxy) is 2. The average Bonchev–Trinajstić information content (AvgIpc) is 3.24. The van der Waals surface area contributed by atoms with Gasteiger partial charge in [-0.25, -0.2) is 9.80 Å². The number of hydrogen-bond donors (Lipinski definition) is 0. The lowest BCUT2D eigenvalue weighted by molar-refractivity contribution is -0.0190. The number of rotatable bonds is 3. The van der Waals surface area contributed by atoms with E-state index in [1.165, 1.54) is 7.11 Å². The van der Waals surface area contributed by atoms with Crippen molar-refractivity contribution in [2.24, 2.45) is 5.10 Å². The van der Waals surface area contributed by atoms with Crippen molar-refractivity contribution < 1.29 is 14.3 Å². The third-order valence-electron chi connectivity index (χ3n) is 5.49. The minimum Gasteiger partial charge on any atom is -0.465 e. The highest BCUT2D eigenvalue weighted by Crippen LogP contribution is 2.47. The maximum absolute atomic E-state index is 11.8. The van der Waals surface area contributed by atoms with Crippen LogP contribution in [0.5, 0.6) is 5.75 Å². The molecule has 2 aliphatic rings. The largest absolute Gasteiger partial charge is 0.465 e. The molecule has 6 heteroatoms. The van der Waals surface area contributed by atoms with E-state index in [4.69, 9.17) is 26.2 Å². The number of carbonyl (C=O) groups is 1. The van der Waals surface area contributed by atoms with E-state index >= 15 is 0 Å². The second-order valence-corrected chi connectivity index (χ2v) is 7.71. The van der Waals surface area contributed by atoms with Crippen LogP contribution in [0.15, 0.2) is 77.9 Å². The van der Waals surface area contributed by atoms with E-state index in [1.807, 2.05) is 59.6 Å². The molecule has 2 atom stereocenters. The van der Waals surface area contributed by atoms with Crippen molar-refractivity contribution >= 4 is 23.3 Å². The first-order valence-corrected chi connectivity index (χ1v) is 10.1. The second-order valence-electron chi connectivity index (χ2n) is 7.28. The summed E-state index contributed by atoms with van der Waals surface area (Å²) < 4.78 is 11.1. The van der Waals surface area contributed by atoms with Gasteiger partial charge in [0.25, 0.3) is 0 Å². The zero-order chi connectivity index (χ0) is 20.7. The van der Waals surface area contributed by atoms with Crippen molar-refractivity contribution in [2.45, 2.75) is 18.7 Å². The fraction of sp³-hybridized carbons (Fsp3) is 0.167. The number of carbonyl (C=O) groups excluding carboxylic acids is 1. The van der Waals surface area contributed by atoms with Crippen LogP contribution >= 0.6 is 11.6 Å². The quantitative estimate of drug-likeness (QED) is 0.536. The van der Waals surface area contributed by atoms with Gasteiger partial charge in [-0.3, -0.25) is 0 Å². The van der Waals surface area contributed by atoms with E-state index in [9.17, 15) is 4.79 Å². The normalized spacial score (nSPS) is 19.4. The molecule has 0 N–H and O–H groups in total. The first-order chi connectivity index (χ1) is 14.6. The molecular formula is C24H19ClN2O3. The van der Waals surface area contributed by atoms with Crippen molar-refractivity contribution in [1.29, 1.82) is 0 Å². The van der Waals surface area contributed by atoms with Gasteiger partial charge in [0.05, 0.1) is 24.4 Å². The Morgan fingerprint density at radius 3 is 2.53 bits per heavy atom. The predicted molar refractivity (Wildman–Crippen MR) is 115 cm³/mol. The number of esters is 1. The summed E-state index contributed by atoms with van der Waals surface area (Å²) in [6, 6.07) is 23.2. The lowest BCUT2D eigenvalue weighted by Crippen LogP contribution is -2.33. The Hall–Kier alpha value is -3.31. The molecule has 0 fully saturated rings. The SMILES string of the molecule is COC(=O)c1ccc([C@@H]2Oc3ccccc3[C@@H]3CC(c4ccc(Cl)cc4)=NN32)cc1. The maximum atomic E-state index is 11.8. The Morgan fingerprint density at radius 2 is 1.80 bits per heavy atom. The molecular weight excluding hydrogens is 400 g/mol. The molecule has 0 aliphatic carbocycles. The summed E-state index contributed by atoms with van der Waals surface area (Å²) in [4.78, 5) is 11.8. The standard InChI is InChI=1S/C24H19ClN2O3/c1-29-24(28)17-8-6-16(7-9-17)23-27-21(19-4-2-3-5-22(19)30-23)14-20(26-27)15-10-12-18(25)13-11-15/h2-13,21,23H,14H2,1H3/t21-,23-/m0/s1. The van der Waals surface area contributed by atoms with Crippen LogP contribution in [-0.4, -0.2) is 23.8 Å². The van der Waals surface area contributed by atoms with Gasteiger partial charge in [-0.15, -0.1) is 0 Å². The lowest BCUT2D eigenvalue weighted by Gasteiger charge is -2.38. The number of fused-ring (bicyclic) bond motifs is 3. The van der Waals surface area contributed by atoms with Crippen molar-refractivity contribution in [3.8, 4) is 5.75 Å². The number of hydrogen-bond acceptors (Lipinski definition) is 5. The van der Waals surface area contributed by atoms with Crippen LogP contribution in [0.1, 0.15) is 45.7 Å². The molecule has 0 bridgehead atoms. The second kappa shape index (κ2) is 7.50. The zero-order valence-corrected chi connectivity index (χ0v) is 17.0. The van der Waals surface area contributed by atoms with Gasteiger partial charge >= 0.3 is 5.97 Å². The van der Waals surface area contributed by atoms with Crippen LogP contribution in [-0.2, 0) is 4.74 Å². The van der Waals surface area contributed by atoms with E-state index in [0.29, 0.717) is 10.6 Å². The lowest BCUT2D eigenvalue weighted by atomic mass is 9.96. The topological polar surface area (TPSA) is 51.1 Å². The molecule has 5 nitrogen and oxygen atoms in total. The number of benzene rings is 3. The first-order valence-electron chi connectivity index (χ1n) is 9.69. The van der Waals surface area contributed by atoms with E-state index < -0.39 is 0 Å². The number of nitrogens with zero attached hydrogens (tertiary/aromatic N) is 2. The van der Waals surface area contributed by atoms with Crippen LogP contribution in [0.2, 0.25) is 5.02 Å². The van der Waals surface area contributed by atoms with Gasteiger partial charge < -0.3 is 9.47 Å². The highest BCUT2D eigenvalue weighted by Gasteiger charge is 2.40. The van der Waals surface area contributed by atoms with Crippen molar-refractivity contribution in [3.05, 3.63) is 100 Å². The summed E-state index contributed by atoms with van der Waals surface area (Å²) in [6.07, 6.45) is 0.389. The van der Waals surface area contributed by atoms with Gasteiger partial charge in [0.2, 0.25) is 6.23 Å². The number of para-hydroxylation sites is 1. The average molecular weight is 419 g/mol. The first kappa shape index (κ1) is 18.7. The summed E-state index contributed by atoms with van der Waals surface area (Å²) in [7, 11) is 1.37. The maximum Gasteiger partial charge on any atom is 0.337 e. The summed E-state index contributed by atoms with van der Waals surface area (Å²) in [5, 5.41) is 7.65. The summed E-state index contributed by atoms with van der Waals surface area (Å²) >= 11 is 6.05. The molecule has 2 heterocycles. The number of halogens is 1. The van der Waals surface area contributed by atoms with E-state index in [-0.39, 0.29) is 18.2 Å². The van der Waals surface area contributed by atoms with Crippen LogP contribution in [0.4, 0.5) is 0 Å². The fourth-order valence-corrected chi connectivity index (χ4v) is 4.10. The number of methoxy groups -OCH3 is 1. The molecule has 0 saturated carbocycles. The van der Waals surface area contributed by atoms with Gasteiger partial charge in [-0.05, 0) is 35.9 Å². The monoisotopic (exact) mass is 418 g/mol. The molecule has 30 heavy (non-hydrogen) atoms. The van der Waals surface area contributed by atoms with Crippen LogP contribution in [0.25, 0.3) is 0 Å². The van der Waals surface area contributed by atoms with Crippen LogP contribution < -0.4 is 4.74 Å². The van der Waals surface area contributed by atoms with E-state index in [1.54, 1.807) is 12.1 Å². The Morgan fingerprint density at radius 1 is 1.07 bits per heavy atom. The Kier molecular flexibility index (Phi) is 4.68. The third kappa shape index (κ3) is 3.21. The summed E-state index contributed by atoms with van der Waals surface area (Å²) in [5.74, 6) is 0.493. The molecule has 0 spiro atoms. The minimum atomic E-state index is -0.388. The van der Waals surface area contributed by atoms with Crippen LogP contribution in [0.3, 0.4) is 0 Å². The van der Waals surface area contributed by atoms with Gasteiger partial charge in [0.1, 0.15) is 5.75 Å². The van der Waals surface area contributed by atoms with Crippen molar-refractivity contribution in [2.75, 3.05) is 7.11 Å². The Labute approximate surface area is 179 Å². The Bertz CT molecular complexity index is 1130. The highest BCUT2D eigenvalue weighted by molar-refractivity contribution is 6.30. The molecule has 2 aliphatic heterocycles. The molecule has 0 saturated heterocycles. The number of hydrazone groups is 1. The van der Waals surface area contributed by atoms with Crippen molar-refractivity contribution in [3.63, 3.8) is 0 Å². The molecule has 0 aromatic heterocycles. The summed E-state index contributed by atoms with van der Waals surface area (Å²) in [5.41, 5.74) is 4.58. The molecule has 5 rings (SSSR count). The molecule has 3 aromatic rings. The fourth-order valence-electron chi connectivity index (χ4n) is 3.97. The van der Waals surface area contributed by atoms with Crippen molar-refractivity contribution in [1.82, 2.24) is 5.01 Å². The molecule has 0 unspecified atom stereocenters. The van der Waals surface area contributed by atoms with E-state index in [2.05, 4.69) is 6.07 Å². The van der Waals surface area contributed by atoms with Gasteiger partial charge in [0, 0.05) is 22.6 Å². The van der Waals surface area contributed by atoms with E-state index in [0.717, 1.165) is 34.6 Å². The van der Waals surface area contributed by atoms with Gasteiger partial charge in [-0.1, -0.05) is 54.1 Å². The highest BCUT2D eigenvalue weighted by atomic mass is 35.5.